The van der Waals surface area contributed by atoms with Gasteiger partial charge >= 0.3 is 0 Å². The van der Waals surface area contributed by atoms with Gasteiger partial charge in [-0.05, 0) is 30.9 Å². The van der Waals surface area contributed by atoms with Gasteiger partial charge in [0, 0.05) is 23.3 Å². The molecule has 5 rings (SSSR count). The molecule has 1 aliphatic heterocycles. The molecule has 0 unspecified atom stereocenters. The Bertz CT molecular complexity index is 1250. The lowest BCUT2D eigenvalue weighted by molar-refractivity contribution is -0.116. The van der Waals surface area contributed by atoms with Crippen LogP contribution in [0.5, 0.6) is 17.2 Å². The van der Waals surface area contributed by atoms with Crippen molar-refractivity contribution in [2.45, 2.75) is 31.6 Å². The van der Waals surface area contributed by atoms with E-state index in [-0.39, 0.29) is 17.6 Å². The molecule has 2 aromatic carbocycles. The maximum atomic E-state index is 13.7. The van der Waals surface area contributed by atoms with E-state index < -0.39 is 0 Å². The molecule has 0 saturated heterocycles. The Labute approximate surface area is 192 Å². The molecule has 7 heteroatoms. The topological polar surface area (TPSA) is 82.8 Å². The number of rotatable bonds is 5. The molecule has 3 aromatic rings. The first-order valence-electron chi connectivity index (χ1n) is 10.9. The third-order valence-electron chi connectivity index (χ3n) is 6.57. The quantitative estimate of drug-likeness (QED) is 0.593. The third-order valence-corrected chi connectivity index (χ3v) is 6.57. The molecule has 7 nitrogen and oxygen atoms in total. The molecule has 0 fully saturated rings. The minimum atomic E-state index is -0.388. The van der Waals surface area contributed by atoms with Gasteiger partial charge in [0.15, 0.2) is 17.3 Å². The first-order chi connectivity index (χ1) is 16.1. The van der Waals surface area contributed by atoms with Crippen LogP contribution in [-0.2, 0) is 4.79 Å². The molecule has 33 heavy (non-hydrogen) atoms. The van der Waals surface area contributed by atoms with E-state index in [1.54, 1.807) is 21.3 Å². The van der Waals surface area contributed by atoms with E-state index in [0.29, 0.717) is 36.0 Å². The van der Waals surface area contributed by atoms with Gasteiger partial charge in [0.05, 0.1) is 38.5 Å². The molecule has 0 saturated carbocycles. The van der Waals surface area contributed by atoms with Gasteiger partial charge in [-0.3, -0.25) is 4.79 Å². The molecule has 2 atom stereocenters. The zero-order valence-corrected chi connectivity index (χ0v) is 19.1. The summed E-state index contributed by atoms with van der Waals surface area (Å²) in [6, 6.07) is 13.9. The summed E-state index contributed by atoms with van der Waals surface area (Å²) in [5, 5.41) is 7.56. The highest BCUT2D eigenvalue weighted by atomic mass is 16.5. The van der Waals surface area contributed by atoms with E-state index in [9.17, 15) is 4.79 Å². The molecule has 2 aliphatic rings. The van der Waals surface area contributed by atoms with Crippen molar-refractivity contribution in [1.82, 2.24) is 5.16 Å². The normalized spacial score (nSPS) is 19.5. The maximum Gasteiger partial charge on any atom is 0.233 e. The number of Topliss-reactive ketones (excluding diaryl/α,β-unsaturated/α-hetero) is 1. The molecular formula is C26H26N2O5. The fourth-order valence-electron chi connectivity index (χ4n) is 5.10. The molecule has 0 spiro atoms. The van der Waals surface area contributed by atoms with Crippen LogP contribution < -0.4 is 19.5 Å². The summed E-state index contributed by atoms with van der Waals surface area (Å²) >= 11 is 0. The zero-order chi connectivity index (χ0) is 23.1. The Morgan fingerprint density at radius 1 is 0.970 bits per heavy atom. The fraction of sp³-hybridized carbons (Fsp3) is 0.308. The minimum Gasteiger partial charge on any atom is -0.493 e. The van der Waals surface area contributed by atoms with Crippen molar-refractivity contribution >= 4 is 11.7 Å². The Kier molecular flexibility index (Phi) is 5.32. The molecule has 170 valence electrons. The number of benzene rings is 2. The Balaban J connectivity index is 1.69. The average molecular weight is 447 g/mol. The van der Waals surface area contributed by atoms with Crippen molar-refractivity contribution in [1.29, 1.82) is 0 Å². The number of hydrogen-bond acceptors (Lipinski definition) is 7. The van der Waals surface area contributed by atoms with E-state index in [1.165, 1.54) is 0 Å². The van der Waals surface area contributed by atoms with Crippen molar-refractivity contribution in [2.75, 3.05) is 26.6 Å². The Morgan fingerprint density at radius 2 is 1.73 bits per heavy atom. The van der Waals surface area contributed by atoms with Crippen LogP contribution in [0.3, 0.4) is 0 Å². The summed E-state index contributed by atoms with van der Waals surface area (Å²) in [5.41, 5.74) is 5.12. The smallest absolute Gasteiger partial charge is 0.233 e. The number of nitrogens with zero attached hydrogens (tertiary/aromatic N) is 1. The highest BCUT2D eigenvalue weighted by Crippen LogP contribution is 2.53. The Morgan fingerprint density at radius 3 is 2.42 bits per heavy atom. The largest absolute Gasteiger partial charge is 0.493 e. The zero-order valence-electron chi connectivity index (χ0n) is 19.1. The summed E-state index contributed by atoms with van der Waals surface area (Å²) in [5.74, 6) is 1.95. The lowest BCUT2D eigenvalue weighted by Crippen LogP contribution is -2.29. The van der Waals surface area contributed by atoms with Crippen LogP contribution >= 0.6 is 0 Å². The van der Waals surface area contributed by atoms with Gasteiger partial charge in [-0.2, -0.15) is 0 Å². The molecule has 0 radical (unpaired) electrons. The minimum absolute atomic E-state index is 0.100. The van der Waals surface area contributed by atoms with Gasteiger partial charge in [0.2, 0.25) is 11.6 Å². The summed E-state index contributed by atoms with van der Waals surface area (Å²) in [6.07, 6.45) is 1.15. The van der Waals surface area contributed by atoms with Gasteiger partial charge < -0.3 is 24.1 Å². The summed E-state index contributed by atoms with van der Waals surface area (Å²) in [7, 11) is 4.75. The maximum absolute atomic E-state index is 13.7. The van der Waals surface area contributed by atoms with E-state index in [0.717, 1.165) is 33.7 Å². The molecule has 0 amide bonds. The molecule has 1 N–H and O–H groups in total. The van der Waals surface area contributed by atoms with Gasteiger partial charge in [-0.25, -0.2) is 0 Å². The molecule has 0 bridgehead atoms. The Hall–Kier alpha value is -3.74. The van der Waals surface area contributed by atoms with E-state index in [1.807, 2.05) is 37.3 Å². The lowest BCUT2D eigenvalue weighted by atomic mass is 9.72. The number of carbonyl (C=O) groups is 1. The number of methoxy groups -OCH3 is 3. The van der Waals surface area contributed by atoms with Crippen molar-refractivity contribution in [3.05, 3.63) is 76.1 Å². The number of fused-ring (bicyclic) bond motifs is 1. The molecule has 1 aliphatic carbocycles. The van der Waals surface area contributed by atoms with Crippen molar-refractivity contribution in [3.8, 4) is 17.2 Å². The predicted molar refractivity (Wildman–Crippen MR) is 123 cm³/mol. The third kappa shape index (κ3) is 3.35. The van der Waals surface area contributed by atoms with E-state index >= 15 is 0 Å². The number of allylic oxidation sites excluding steroid dienone is 2. The monoisotopic (exact) mass is 446 g/mol. The number of ether oxygens (including phenoxy) is 3. The van der Waals surface area contributed by atoms with Crippen LogP contribution in [0, 0.1) is 6.92 Å². The fourth-order valence-corrected chi connectivity index (χ4v) is 5.10. The number of aryl methyl sites for hydroxylation is 1. The van der Waals surface area contributed by atoms with Crippen molar-refractivity contribution in [3.63, 3.8) is 0 Å². The number of ketones is 1. The SMILES string of the molecule is COc1ccc([C@H]2C3=C(C[C@@H](c4ccccc4)CC3=O)Nc3onc(C)c32)c(OC)c1OC. The second-order valence-electron chi connectivity index (χ2n) is 8.32. The molecule has 1 aromatic heterocycles. The van der Waals surface area contributed by atoms with Gasteiger partial charge in [0.25, 0.3) is 0 Å². The highest BCUT2D eigenvalue weighted by molar-refractivity contribution is 6.01. The highest BCUT2D eigenvalue weighted by Gasteiger charge is 2.42. The summed E-state index contributed by atoms with van der Waals surface area (Å²) in [4.78, 5) is 13.7. The van der Waals surface area contributed by atoms with E-state index in [2.05, 4.69) is 22.6 Å². The first kappa shape index (κ1) is 21.1. The van der Waals surface area contributed by atoms with Gasteiger partial charge in [-0.15, -0.1) is 0 Å². The van der Waals surface area contributed by atoms with Crippen LogP contribution in [-0.4, -0.2) is 32.3 Å². The molecule has 2 heterocycles. The van der Waals surface area contributed by atoms with Crippen LogP contribution in [0.25, 0.3) is 0 Å². The number of nitrogens with one attached hydrogen (secondary N) is 1. The van der Waals surface area contributed by atoms with Crippen molar-refractivity contribution < 1.29 is 23.5 Å². The average Bonchev–Trinajstić information content (AvgIpc) is 3.22. The number of aromatic nitrogens is 1. The standard InChI is InChI=1S/C26H26N2O5/c1-14-21-22(17-10-11-20(30-2)25(32-4)24(17)31-3)23-18(27-26(21)33-28-14)12-16(13-19(23)29)15-8-6-5-7-9-15/h5-11,16,22,27H,12-13H2,1-4H3/t16-,22-/m1/s1. The number of hydrogen-bond donors (Lipinski definition) is 1. The summed E-state index contributed by atoms with van der Waals surface area (Å²) in [6.45, 7) is 1.88. The van der Waals surface area contributed by atoms with Crippen LogP contribution in [0.1, 0.15) is 47.1 Å². The predicted octanol–water partition coefficient (Wildman–Crippen LogP) is 4.97. The van der Waals surface area contributed by atoms with E-state index in [4.69, 9.17) is 18.7 Å². The van der Waals surface area contributed by atoms with Gasteiger partial charge in [0.1, 0.15) is 0 Å². The lowest BCUT2D eigenvalue weighted by Gasteiger charge is -2.35. The molecular weight excluding hydrogens is 420 g/mol. The number of anilines is 1. The van der Waals surface area contributed by atoms with Crippen molar-refractivity contribution in [2.24, 2.45) is 0 Å². The van der Waals surface area contributed by atoms with Gasteiger partial charge in [-0.1, -0.05) is 41.6 Å². The second kappa shape index (κ2) is 8.31. The van der Waals surface area contributed by atoms with Crippen LogP contribution in [0.4, 0.5) is 5.88 Å². The van der Waals surface area contributed by atoms with Crippen LogP contribution in [0.2, 0.25) is 0 Å². The van der Waals surface area contributed by atoms with Crippen LogP contribution in [0.15, 0.2) is 58.3 Å². The number of carbonyl (C=O) groups excluding carboxylic acids is 1. The first-order valence-corrected chi connectivity index (χ1v) is 10.9. The summed E-state index contributed by atoms with van der Waals surface area (Å²) < 4.78 is 22.5. The second-order valence-corrected chi connectivity index (χ2v) is 8.32.